The van der Waals surface area contributed by atoms with Crippen molar-refractivity contribution < 1.29 is 8.42 Å². The molecule has 0 aliphatic carbocycles. The van der Waals surface area contributed by atoms with Crippen molar-refractivity contribution in [2.75, 3.05) is 12.8 Å². The number of sulfonamides is 1. The Morgan fingerprint density at radius 1 is 1.29 bits per heavy atom. The van der Waals surface area contributed by atoms with Crippen molar-refractivity contribution in [2.45, 2.75) is 26.3 Å². The quantitative estimate of drug-likeness (QED) is 0.810. The average molecular weight is 253 g/mol. The van der Waals surface area contributed by atoms with Crippen LogP contribution in [0.4, 0.5) is 0 Å². The molecule has 17 heavy (non-hydrogen) atoms. The number of benzene rings is 1. The molecular formula is C13H19NO2S. The molecule has 0 fully saturated rings. The zero-order chi connectivity index (χ0) is 12.6. The summed E-state index contributed by atoms with van der Waals surface area (Å²) in [7, 11) is -3.13. The largest absolute Gasteiger partial charge is 0.212 e. The van der Waals surface area contributed by atoms with Gasteiger partial charge in [-0.2, -0.15) is 4.31 Å². The Bertz CT molecular complexity index is 508. The standard InChI is InChI=1S/C13H19NO2S/c1-10(2)13-12-7-5-4-6-11(12)8-9-14(13)17(3,15)16/h4-7,10,13H,8-9H2,1-3H3/t13-/m1/s1. The van der Waals surface area contributed by atoms with Crippen LogP contribution in [-0.4, -0.2) is 25.5 Å². The maximum Gasteiger partial charge on any atom is 0.211 e. The van der Waals surface area contributed by atoms with Crippen LogP contribution in [0.1, 0.15) is 31.0 Å². The van der Waals surface area contributed by atoms with Gasteiger partial charge in [-0.1, -0.05) is 38.1 Å². The van der Waals surface area contributed by atoms with Gasteiger partial charge < -0.3 is 0 Å². The van der Waals surface area contributed by atoms with Crippen molar-refractivity contribution in [3.05, 3.63) is 35.4 Å². The highest BCUT2D eigenvalue weighted by atomic mass is 32.2. The Labute approximate surface area is 104 Å². The molecule has 94 valence electrons. The Balaban J connectivity index is 2.50. The summed E-state index contributed by atoms with van der Waals surface area (Å²) in [5, 5.41) is 0. The van der Waals surface area contributed by atoms with Crippen molar-refractivity contribution in [1.82, 2.24) is 4.31 Å². The second kappa shape index (κ2) is 4.42. The maximum atomic E-state index is 11.8. The van der Waals surface area contributed by atoms with Crippen LogP contribution in [0.3, 0.4) is 0 Å². The molecule has 0 spiro atoms. The van der Waals surface area contributed by atoms with Gasteiger partial charge in [-0.05, 0) is 23.5 Å². The zero-order valence-corrected chi connectivity index (χ0v) is 11.4. The van der Waals surface area contributed by atoms with Gasteiger partial charge in [0.1, 0.15) is 0 Å². The van der Waals surface area contributed by atoms with Gasteiger partial charge in [0.25, 0.3) is 0 Å². The first-order valence-electron chi connectivity index (χ1n) is 5.96. The van der Waals surface area contributed by atoms with Crippen molar-refractivity contribution in [2.24, 2.45) is 5.92 Å². The van der Waals surface area contributed by atoms with E-state index >= 15 is 0 Å². The number of hydrogen-bond donors (Lipinski definition) is 0. The first-order valence-corrected chi connectivity index (χ1v) is 7.80. The third-order valence-corrected chi connectivity index (χ3v) is 4.60. The highest BCUT2D eigenvalue weighted by molar-refractivity contribution is 7.88. The van der Waals surface area contributed by atoms with Crippen molar-refractivity contribution in [3.63, 3.8) is 0 Å². The van der Waals surface area contributed by atoms with E-state index in [4.69, 9.17) is 0 Å². The van der Waals surface area contributed by atoms with E-state index in [0.29, 0.717) is 6.54 Å². The molecule has 4 heteroatoms. The van der Waals surface area contributed by atoms with Crippen LogP contribution in [0, 0.1) is 5.92 Å². The Morgan fingerprint density at radius 3 is 2.53 bits per heavy atom. The summed E-state index contributed by atoms with van der Waals surface area (Å²) in [5.41, 5.74) is 2.45. The van der Waals surface area contributed by atoms with Crippen LogP contribution in [-0.2, 0) is 16.4 Å². The summed E-state index contributed by atoms with van der Waals surface area (Å²) >= 11 is 0. The van der Waals surface area contributed by atoms with Gasteiger partial charge in [0.15, 0.2) is 0 Å². The molecule has 1 aliphatic rings. The van der Waals surface area contributed by atoms with Crippen LogP contribution in [0.15, 0.2) is 24.3 Å². The van der Waals surface area contributed by atoms with Crippen molar-refractivity contribution >= 4 is 10.0 Å². The Morgan fingerprint density at radius 2 is 1.94 bits per heavy atom. The van der Waals surface area contributed by atoms with Gasteiger partial charge in [0.05, 0.1) is 12.3 Å². The lowest BCUT2D eigenvalue weighted by Crippen LogP contribution is -2.41. The molecule has 0 N–H and O–H groups in total. The first kappa shape index (κ1) is 12.6. The van der Waals surface area contributed by atoms with E-state index in [1.165, 1.54) is 17.4 Å². The minimum Gasteiger partial charge on any atom is -0.212 e. The second-order valence-corrected chi connectivity index (χ2v) is 6.95. The Kier molecular flexibility index (Phi) is 3.27. The molecule has 0 radical (unpaired) electrons. The predicted octanol–water partition coefficient (Wildman–Crippen LogP) is 2.20. The molecule has 3 nitrogen and oxygen atoms in total. The van der Waals surface area contributed by atoms with Crippen LogP contribution in [0.2, 0.25) is 0 Å². The fourth-order valence-corrected chi connectivity index (χ4v) is 3.83. The van der Waals surface area contributed by atoms with Gasteiger partial charge in [0.2, 0.25) is 10.0 Å². The van der Waals surface area contributed by atoms with Crippen LogP contribution in [0.25, 0.3) is 0 Å². The molecule has 0 unspecified atom stereocenters. The Hall–Kier alpha value is -0.870. The molecule has 1 aliphatic heterocycles. The minimum atomic E-state index is -3.13. The average Bonchev–Trinajstić information content (AvgIpc) is 2.26. The van der Waals surface area contributed by atoms with Crippen molar-refractivity contribution in [3.8, 4) is 0 Å². The van der Waals surface area contributed by atoms with E-state index in [0.717, 1.165) is 6.42 Å². The topological polar surface area (TPSA) is 37.4 Å². The molecule has 1 aromatic rings. The van der Waals surface area contributed by atoms with E-state index in [9.17, 15) is 8.42 Å². The van der Waals surface area contributed by atoms with Gasteiger partial charge >= 0.3 is 0 Å². The lowest BCUT2D eigenvalue weighted by molar-refractivity contribution is 0.250. The van der Waals surface area contributed by atoms with Gasteiger partial charge in [-0.25, -0.2) is 8.42 Å². The highest BCUT2D eigenvalue weighted by Gasteiger charge is 2.34. The SMILES string of the molecule is CC(C)[C@@H]1c2ccccc2CCN1S(C)(=O)=O. The molecule has 2 rings (SSSR count). The molecular weight excluding hydrogens is 234 g/mol. The highest BCUT2D eigenvalue weighted by Crippen LogP contribution is 2.36. The van der Waals surface area contributed by atoms with Crippen molar-refractivity contribution in [1.29, 1.82) is 0 Å². The number of hydrogen-bond acceptors (Lipinski definition) is 2. The maximum absolute atomic E-state index is 11.8. The number of rotatable bonds is 2. The summed E-state index contributed by atoms with van der Waals surface area (Å²) in [6.07, 6.45) is 2.11. The monoisotopic (exact) mass is 253 g/mol. The lowest BCUT2D eigenvalue weighted by atomic mass is 9.88. The molecule has 0 bridgehead atoms. The van der Waals surface area contributed by atoms with E-state index < -0.39 is 10.0 Å². The molecule has 0 aromatic heterocycles. The molecule has 0 amide bonds. The minimum absolute atomic E-state index is 0.0186. The summed E-state index contributed by atoms with van der Waals surface area (Å²) < 4.78 is 25.3. The van der Waals surface area contributed by atoms with Gasteiger partial charge in [-0.15, -0.1) is 0 Å². The molecule has 0 saturated carbocycles. The summed E-state index contributed by atoms with van der Waals surface area (Å²) in [4.78, 5) is 0. The second-order valence-electron chi connectivity index (χ2n) is 5.01. The predicted molar refractivity (Wildman–Crippen MR) is 69.3 cm³/mol. The first-order chi connectivity index (χ1) is 7.91. The molecule has 0 saturated heterocycles. The summed E-state index contributed by atoms with van der Waals surface area (Å²) in [5.74, 6) is 0.283. The van der Waals surface area contributed by atoms with Gasteiger partial charge in [0, 0.05) is 6.54 Å². The fourth-order valence-electron chi connectivity index (χ4n) is 2.64. The van der Waals surface area contributed by atoms with E-state index in [1.54, 1.807) is 4.31 Å². The number of fused-ring (bicyclic) bond motifs is 1. The lowest BCUT2D eigenvalue weighted by Gasteiger charge is -2.37. The normalized spacial score (nSPS) is 21.5. The molecule has 1 heterocycles. The third kappa shape index (κ3) is 2.38. The van der Waals surface area contributed by atoms with Crippen LogP contribution in [0.5, 0.6) is 0 Å². The molecule has 1 atom stereocenters. The van der Waals surface area contributed by atoms with E-state index in [2.05, 4.69) is 26.0 Å². The smallest absolute Gasteiger partial charge is 0.211 e. The zero-order valence-electron chi connectivity index (χ0n) is 10.6. The number of nitrogens with zero attached hydrogens (tertiary/aromatic N) is 1. The van der Waals surface area contributed by atoms with Crippen LogP contribution >= 0.6 is 0 Å². The van der Waals surface area contributed by atoms with E-state index in [-0.39, 0.29) is 12.0 Å². The fraction of sp³-hybridized carbons (Fsp3) is 0.538. The molecule has 1 aromatic carbocycles. The van der Waals surface area contributed by atoms with Gasteiger partial charge in [-0.3, -0.25) is 0 Å². The third-order valence-electron chi connectivity index (χ3n) is 3.34. The van der Waals surface area contributed by atoms with Crippen LogP contribution < -0.4 is 0 Å². The van der Waals surface area contributed by atoms with E-state index in [1.807, 2.05) is 12.1 Å². The summed E-state index contributed by atoms with van der Waals surface area (Å²) in [6, 6.07) is 8.14. The summed E-state index contributed by atoms with van der Waals surface area (Å²) in [6.45, 7) is 4.74.